The van der Waals surface area contributed by atoms with Crippen LogP contribution in [0.25, 0.3) is 0 Å². The third kappa shape index (κ3) is 5.08. The Bertz CT molecular complexity index is 753. The number of nitrogens with one attached hydrogen (secondary N) is 1. The Morgan fingerprint density at radius 3 is 2.36 bits per heavy atom. The van der Waals surface area contributed by atoms with Gasteiger partial charge in [-0.25, -0.2) is 4.79 Å². The van der Waals surface area contributed by atoms with Gasteiger partial charge in [-0.15, -0.1) is 0 Å². The number of carbonyl (C=O) groups is 2. The van der Waals surface area contributed by atoms with Crippen molar-refractivity contribution in [3.05, 3.63) is 59.2 Å². The molecular formula is C20H23NO4. The molecule has 0 radical (unpaired) electrons. The van der Waals surface area contributed by atoms with E-state index in [0.29, 0.717) is 17.9 Å². The lowest BCUT2D eigenvalue weighted by Crippen LogP contribution is -2.26. The fourth-order valence-electron chi connectivity index (χ4n) is 2.35. The second-order valence-electron chi connectivity index (χ2n) is 5.81. The maximum absolute atomic E-state index is 12.4. The van der Waals surface area contributed by atoms with Crippen LogP contribution in [0.1, 0.15) is 35.3 Å². The van der Waals surface area contributed by atoms with Crippen molar-refractivity contribution in [1.29, 1.82) is 0 Å². The molecule has 0 bridgehead atoms. The second-order valence-corrected chi connectivity index (χ2v) is 5.81. The molecule has 0 spiro atoms. The summed E-state index contributed by atoms with van der Waals surface area (Å²) in [6, 6.07) is 12.5. The van der Waals surface area contributed by atoms with E-state index in [9.17, 15) is 9.59 Å². The summed E-state index contributed by atoms with van der Waals surface area (Å²) in [5.41, 5.74) is 3.45. The average Bonchev–Trinajstić information content (AvgIpc) is 2.58. The Hall–Kier alpha value is -2.82. The molecule has 132 valence electrons. The van der Waals surface area contributed by atoms with Crippen LogP contribution in [0.15, 0.2) is 42.5 Å². The van der Waals surface area contributed by atoms with Crippen molar-refractivity contribution in [1.82, 2.24) is 0 Å². The SMILES string of the molecule is CCOC(=O)[C@@H](C)Oc1ccc(C(=O)Nc2ccc(C)cc2C)cc1. The largest absolute Gasteiger partial charge is 0.479 e. The molecule has 0 saturated heterocycles. The molecule has 0 fully saturated rings. The second kappa shape index (κ2) is 8.33. The van der Waals surface area contributed by atoms with Gasteiger partial charge in [0.15, 0.2) is 6.10 Å². The molecule has 1 atom stereocenters. The molecule has 0 aliphatic heterocycles. The van der Waals surface area contributed by atoms with E-state index in [0.717, 1.165) is 16.8 Å². The summed E-state index contributed by atoms with van der Waals surface area (Å²) >= 11 is 0. The standard InChI is InChI=1S/C20H23NO4/c1-5-24-20(23)15(4)25-17-9-7-16(8-10-17)19(22)21-18-11-6-13(2)12-14(18)3/h6-12,15H,5H2,1-4H3,(H,21,22)/t15-/m1/s1. The zero-order valence-corrected chi connectivity index (χ0v) is 15.0. The number of esters is 1. The smallest absolute Gasteiger partial charge is 0.347 e. The van der Waals surface area contributed by atoms with Crippen LogP contribution >= 0.6 is 0 Å². The van der Waals surface area contributed by atoms with Crippen LogP contribution in [0.4, 0.5) is 5.69 Å². The first kappa shape index (κ1) is 18.5. The molecule has 5 nitrogen and oxygen atoms in total. The first-order chi connectivity index (χ1) is 11.9. The van der Waals surface area contributed by atoms with E-state index in [1.165, 1.54) is 0 Å². The zero-order chi connectivity index (χ0) is 18.4. The van der Waals surface area contributed by atoms with Crippen molar-refractivity contribution >= 4 is 17.6 Å². The van der Waals surface area contributed by atoms with Crippen LogP contribution in [0.5, 0.6) is 5.75 Å². The van der Waals surface area contributed by atoms with Gasteiger partial charge in [0.05, 0.1) is 6.61 Å². The molecule has 0 aliphatic rings. The Kier molecular flexibility index (Phi) is 6.17. The van der Waals surface area contributed by atoms with Crippen LogP contribution < -0.4 is 10.1 Å². The van der Waals surface area contributed by atoms with Gasteiger partial charge in [-0.3, -0.25) is 4.79 Å². The van der Waals surface area contributed by atoms with Gasteiger partial charge in [0.25, 0.3) is 5.91 Å². The number of carbonyl (C=O) groups excluding carboxylic acids is 2. The van der Waals surface area contributed by atoms with E-state index in [4.69, 9.17) is 9.47 Å². The average molecular weight is 341 g/mol. The number of benzene rings is 2. The Labute approximate surface area is 148 Å². The molecule has 5 heteroatoms. The van der Waals surface area contributed by atoms with Crippen molar-refractivity contribution in [3.8, 4) is 5.75 Å². The van der Waals surface area contributed by atoms with Crippen LogP contribution in [0, 0.1) is 13.8 Å². The molecule has 2 rings (SSSR count). The summed E-state index contributed by atoms with van der Waals surface area (Å²) < 4.78 is 10.4. The molecule has 0 aromatic heterocycles. The minimum absolute atomic E-state index is 0.197. The minimum Gasteiger partial charge on any atom is -0.479 e. The van der Waals surface area contributed by atoms with Gasteiger partial charge in [-0.2, -0.15) is 0 Å². The van der Waals surface area contributed by atoms with Crippen molar-refractivity contribution in [2.45, 2.75) is 33.8 Å². The Morgan fingerprint density at radius 1 is 1.08 bits per heavy atom. The highest BCUT2D eigenvalue weighted by Gasteiger charge is 2.16. The van der Waals surface area contributed by atoms with E-state index in [1.54, 1.807) is 38.1 Å². The normalized spacial score (nSPS) is 11.5. The van der Waals surface area contributed by atoms with Crippen molar-refractivity contribution in [2.24, 2.45) is 0 Å². The Balaban J connectivity index is 2.01. The molecule has 0 heterocycles. The molecule has 0 saturated carbocycles. The van der Waals surface area contributed by atoms with Crippen LogP contribution in [-0.2, 0) is 9.53 Å². The van der Waals surface area contributed by atoms with E-state index in [1.807, 2.05) is 32.0 Å². The van der Waals surface area contributed by atoms with Gasteiger partial charge in [-0.1, -0.05) is 17.7 Å². The van der Waals surface area contributed by atoms with Crippen molar-refractivity contribution in [2.75, 3.05) is 11.9 Å². The number of hydrogen-bond acceptors (Lipinski definition) is 4. The first-order valence-corrected chi connectivity index (χ1v) is 8.22. The van der Waals surface area contributed by atoms with Gasteiger partial charge >= 0.3 is 5.97 Å². The van der Waals surface area contributed by atoms with Gasteiger partial charge in [-0.05, 0) is 63.6 Å². The van der Waals surface area contributed by atoms with Crippen LogP contribution in [0.2, 0.25) is 0 Å². The number of amides is 1. The predicted octanol–water partition coefficient (Wildman–Crippen LogP) is 3.89. The lowest BCUT2D eigenvalue weighted by atomic mass is 10.1. The zero-order valence-electron chi connectivity index (χ0n) is 15.0. The van der Waals surface area contributed by atoms with Crippen LogP contribution in [0.3, 0.4) is 0 Å². The number of rotatable bonds is 6. The molecular weight excluding hydrogens is 318 g/mol. The van der Waals surface area contributed by atoms with E-state index in [-0.39, 0.29) is 5.91 Å². The number of hydrogen-bond donors (Lipinski definition) is 1. The summed E-state index contributed by atoms with van der Waals surface area (Å²) in [7, 11) is 0. The lowest BCUT2D eigenvalue weighted by Gasteiger charge is -2.14. The summed E-state index contributed by atoms with van der Waals surface area (Å²) in [5, 5.41) is 2.90. The highest BCUT2D eigenvalue weighted by Crippen LogP contribution is 2.19. The summed E-state index contributed by atoms with van der Waals surface area (Å²) in [4.78, 5) is 23.9. The molecule has 0 aliphatic carbocycles. The van der Waals surface area contributed by atoms with Crippen LogP contribution in [-0.4, -0.2) is 24.6 Å². The predicted molar refractivity (Wildman–Crippen MR) is 97.0 cm³/mol. The number of aryl methyl sites for hydroxylation is 2. The van der Waals surface area contributed by atoms with Crippen molar-refractivity contribution < 1.29 is 19.1 Å². The maximum Gasteiger partial charge on any atom is 0.347 e. The van der Waals surface area contributed by atoms with E-state index < -0.39 is 12.1 Å². The van der Waals surface area contributed by atoms with E-state index >= 15 is 0 Å². The minimum atomic E-state index is -0.699. The third-order valence-corrected chi connectivity index (χ3v) is 3.68. The maximum atomic E-state index is 12.4. The molecule has 0 unspecified atom stereocenters. The Morgan fingerprint density at radius 2 is 1.76 bits per heavy atom. The summed E-state index contributed by atoms with van der Waals surface area (Å²) in [6.45, 7) is 7.64. The molecule has 2 aromatic rings. The fraction of sp³-hybridized carbons (Fsp3) is 0.300. The van der Waals surface area contributed by atoms with Gasteiger partial charge in [0, 0.05) is 11.3 Å². The van der Waals surface area contributed by atoms with E-state index in [2.05, 4.69) is 5.32 Å². The van der Waals surface area contributed by atoms with Crippen molar-refractivity contribution in [3.63, 3.8) is 0 Å². The highest BCUT2D eigenvalue weighted by atomic mass is 16.6. The number of ether oxygens (including phenoxy) is 2. The van der Waals surface area contributed by atoms with Gasteiger partial charge in [0.1, 0.15) is 5.75 Å². The van der Waals surface area contributed by atoms with Gasteiger partial charge in [0.2, 0.25) is 0 Å². The molecule has 25 heavy (non-hydrogen) atoms. The summed E-state index contributed by atoms with van der Waals surface area (Å²) in [6.07, 6.45) is -0.699. The highest BCUT2D eigenvalue weighted by molar-refractivity contribution is 6.04. The molecule has 1 N–H and O–H groups in total. The third-order valence-electron chi connectivity index (χ3n) is 3.68. The fourth-order valence-corrected chi connectivity index (χ4v) is 2.35. The van der Waals surface area contributed by atoms with Gasteiger partial charge < -0.3 is 14.8 Å². The topological polar surface area (TPSA) is 64.6 Å². The number of anilines is 1. The monoisotopic (exact) mass is 341 g/mol. The molecule has 1 amide bonds. The molecule has 2 aromatic carbocycles. The lowest BCUT2D eigenvalue weighted by molar-refractivity contribution is -0.150. The summed E-state index contributed by atoms with van der Waals surface area (Å²) in [5.74, 6) is -0.111. The quantitative estimate of drug-likeness (QED) is 0.810. The first-order valence-electron chi connectivity index (χ1n) is 8.22.